The van der Waals surface area contributed by atoms with Crippen molar-refractivity contribution in [1.29, 1.82) is 0 Å². The van der Waals surface area contributed by atoms with Crippen LogP contribution in [0, 0.1) is 0 Å². The quantitative estimate of drug-likeness (QED) is 0.898. The lowest BCUT2D eigenvalue weighted by molar-refractivity contribution is -0.137. The molecule has 2 rings (SSSR count). The first kappa shape index (κ1) is 12.4. The number of pyridine rings is 1. The first-order valence-electron chi connectivity index (χ1n) is 5.27. The fourth-order valence-electron chi connectivity index (χ4n) is 1.53. The van der Waals surface area contributed by atoms with Gasteiger partial charge in [0.15, 0.2) is 0 Å². The number of aryl methyl sites for hydroxylation is 1. The Labute approximate surface area is 101 Å². The topological polar surface area (TPSA) is 56.7 Å². The summed E-state index contributed by atoms with van der Waals surface area (Å²) in [7, 11) is 0. The van der Waals surface area contributed by atoms with E-state index in [0.29, 0.717) is 12.1 Å². The molecule has 0 fully saturated rings. The van der Waals surface area contributed by atoms with Gasteiger partial charge in [0.05, 0.1) is 17.5 Å². The molecule has 0 spiro atoms. The molecule has 2 heterocycles. The number of hydrogen-bond donors (Lipinski definition) is 1. The van der Waals surface area contributed by atoms with Crippen LogP contribution in [-0.2, 0) is 12.7 Å². The second kappa shape index (κ2) is 4.32. The van der Waals surface area contributed by atoms with E-state index in [2.05, 4.69) is 10.1 Å². The third-order valence-electron chi connectivity index (χ3n) is 2.43. The molecule has 7 heteroatoms. The van der Waals surface area contributed by atoms with Gasteiger partial charge < -0.3 is 5.73 Å². The molecule has 0 amide bonds. The van der Waals surface area contributed by atoms with E-state index in [4.69, 9.17) is 5.73 Å². The minimum atomic E-state index is -4.44. The van der Waals surface area contributed by atoms with Gasteiger partial charge >= 0.3 is 6.18 Å². The Bertz CT molecular complexity index is 560. The molecule has 96 valence electrons. The van der Waals surface area contributed by atoms with Crippen LogP contribution >= 0.6 is 0 Å². The third kappa shape index (κ3) is 2.44. The van der Waals surface area contributed by atoms with Crippen LogP contribution < -0.4 is 5.73 Å². The van der Waals surface area contributed by atoms with Crippen molar-refractivity contribution in [2.45, 2.75) is 19.6 Å². The molecule has 0 saturated carbocycles. The van der Waals surface area contributed by atoms with Crippen LogP contribution in [0.3, 0.4) is 0 Å². The first-order chi connectivity index (χ1) is 8.40. The molecular formula is C11H11F3N4. The summed E-state index contributed by atoms with van der Waals surface area (Å²) in [6.45, 7) is 2.51. The van der Waals surface area contributed by atoms with Crippen molar-refractivity contribution in [3.05, 3.63) is 30.1 Å². The van der Waals surface area contributed by atoms with E-state index in [9.17, 15) is 13.2 Å². The summed E-state index contributed by atoms with van der Waals surface area (Å²) >= 11 is 0. The van der Waals surface area contributed by atoms with E-state index < -0.39 is 11.7 Å². The summed E-state index contributed by atoms with van der Waals surface area (Å²) in [5.41, 5.74) is 5.26. The minimum absolute atomic E-state index is 0.163. The molecule has 0 unspecified atom stereocenters. The Kier molecular flexibility index (Phi) is 2.98. The summed E-state index contributed by atoms with van der Waals surface area (Å²) in [6, 6.07) is 1.78. The smallest absolute Gasteiger partial charge is 0.384 e. The minimum Gasteiger partial charge on any atom is -0.384 e. The maximum Gasteiger partial charge on any atom is 0.416 e. The number of rotatable bonds is 2. The number of halogens is 3. The highest BCUT2D eigenvalue weighted by atomic mass is 19.4. The van der Waals surface area contributed by atoms with Crippen molar-refractivity contribution in [2.24, 2.45) is 0 Å². The van der Waals surface area contributed by atoms with Gasteiger partial charge in [-0.1, -0.05) is 0 Å². The summed E-state index contributed by atoms with van der Waals surface area (Å²) in [6.07, 6.45) is -1.35. The largest absolute Gasteiger partial charge is 0.416 e. The standard InChI is InChI=1S/C11H11F3N4/c1-2-18-6-7(5-16-18)9-3-8(11(12,13)14)4-10(15)17-9/h3-6H,2H2,1H3,(H2,15,17). The van der Waals surface area contributed by atoms with E-state index in [1.807, 2.05) is 6.92 Å². The Morgan fingerprint density at radius 2 is 2.06 bits per heavy atom. The summed E-state index contributed by atoms with van der Waals surface area (Å²) in [5, 5.41) is 3.99. The molecule has 0 aliphatic carbocycles. The molecule has 2 N–H and O–H groups in total. The van der Waals surface area contributed by atoms with Crippen LogP contribution in [0.4, 0.5) is 19.0 Å². The third-order valence-corrected chi connectivity index (χ3v) is 2.43. The normalized spacial score (nSPS) is 11.8. The number of nitrogen functional groups attached to an aromatic ring is 1. The SMILES string of the molecule is CCn1cc(-c2cc(C(F)(F)F)cc(N)n2)cn1. The van der Waals surface area contributed by atoms with Crippen molar-refractivity contribution >= 4 is 5.82 Å². The van der Waals surface area contributed by atoms with Crippen LogP contribution in [0.2, 0.25) is 0 Å². The van der Waals surface area contributed by atoms with E-state index in [1.54, 1.807) is 10.9 Å². The molecule has 0 aliphatic heterocycles. The molecule has 0 saturated heterocycles. The Balaban J connectivity index is 2.48. The summed E-state index contributed by atoms with van der Waals surface area (Å²) < 4.78 is 39.5. The average Bonchev–Trinajstić information content (AvgIpc) is 2.75. The second-order valence-electron chi connectivity index (χ2n) is 3.75. The van der Waals surface area contributed by atoms with E-state index in [0.717, 1.165) is 12.1 Å². The maximum atomic E-state index is 12.6. The monoisotopic (exact) mass is 256 g/mol. The lowest BCUT2D eigenvalue weighted by Gasteiger charge is -2.08. The summed E-state index contributed by atoms with van der Waals surface area (Å²) in [4.78, 5) is 3.89. The lowest BCUT2D eigenvalue weighted by Crippen LogP contribution is -2.07. The zero-order valence-electron chi connectivity index (χ0n) is 9.57. The highest BCUT2D eigenvalue weighted by molar-refractivity contribution is 5.60. The Morgan fingerprint density at radius 1 is 1.33 bits per heavy atom. The average molecular weight is 256 g/mol. The van der Waals surface area contributed by atoms with Crippen LogP contribution in [-0.4, -0.2) is 14.8 Å². The van der Waals surface area contributed by atoms with Crippen molar-refractivity contribution in [2.75, 3.05) is 5.73 Å². The zero-order valence-corrected chi connectivity index (χ0v) is 9.57. The van der Waals surface area contributed by atoms with Crippen LogP contribution in [0.1, 0.15) is 12.5 Å². The number of aromatic nitrogens is 3. The lowest BCUT2D eigenvalue weighted by atomic mass is 10.1. The van der Waals surface area contributed by atoms with Gasteiger partial charge in [0, 0.05) is 18.3 Å². The first-order valence-corrected chi connectivity index (χ1v) is 5.27. The number of hydrogen-bond acceptors (Lipinski definition) is 3. The second-order valence-corrected chi connectivity index (χ2v) is 3.75. The number of nitrogens with two attached hydrogens (primary N) is 1. The molecule has 0 atom stereocenters. The predicted octanol–water partition coefficient (Wildman–Crippen LogP) is 2.57. The molecule has 18 heavy (non-hydrogen) atoms. The molecule has 4 nitrogen and oxygen atoms in total. The van der Waals surface area contributed by atoms with Crippen LogP contribution in [0.15, 0.2) is 24.5 Å². The van der Waals surface area contributed by atoms with Gasteiger partial charge in [-0.3, -0.25) is 4.68 Å². The number of anilines is 1. The fraction of sp³-hybridized carbons (Fsp3) is 0.273. The van der Waals surface area contributed by atoms with E-state index in [-0.39, 0.29) is 11.5 Å². The zero-order chi connectivity index (χ0) is 13.3. The van der Waals surface area contributed by atoms with Gasteiger partial charge in [0.25, 0.3) is 0 Å². The summed E-state index contributed by atoms with van der Waals surface area (Å²) in [5.74, 6) is -0.163. The fourth-order valence-corrected chi connectivity index (χ4v) is 1.53. The van der Waals surface area contributed by atoms with Crippen LogP contribution in [0.5, 0.6) is 0 Å². The number of alkyl halides is 3. The van der Waals surface area contributed by atoms with Crippen LogP contribution in [0.25, 0.3) is 11.3 Å². The van der Waals surface area contributed by atoms with Crippen molar-refractivity contribution in [3.8, 4) is 11.3 Å². The van der Waals surface area contributed by atoms with Gasteiger partial charge in [-0.05, 0) is 19.1 Å². The van der Waals surface area contributed by atoms with Gasteiger partial charge in [0.1, 0.15) is 5.82 Å². The van der Waals surface area contributed by atoms with Gasteiger partial charge in [-0.2, -0.15) is 18.3 Å². The molecule has 0 bridgehead atoms. The molecule has 0 radical (unpaired) electrons. The Morgan fingerprint density at radius 3 is 2.61 bits per heavy atom. The molecule has 2 aromatic rings. The van der Waals surface area contributed by atoms with E-state index >= 15 is 0 Å². The highest BCUT2D eigenvalue weighted by Gasteiger charge is 2.31. The van der Waals surface area contributed by atoms with Crippen molar-refractivity contribution < 1.29 is 13.2 Å². The van der Waals surface area contributed by atoms with Crippen molar-refractivity contribution in [3.63, 3.8) is 0 Å². The van der Waals surface area contributed by atoms with Gasteiger partial charge in [-0.15, -0.1) is 0 Å². The van der Waals surface area contributed by atoms with Gasteiger partial charge in [0.2, 0.25) is 0 Å². The molecule has 0 aliphatic rings. The van der Waals surface area contributed by atoms with Gasteiger partial charge in [-0.25, -0.2) is 4.98 Å². The number of nitrogens with zero attached hydrogens (tertiary/aromatic N) is 3. The molecular weight excluding hydrogens is 245 g/mol. The highest BCUT2D eigenvalue weighted by Crippen LogP contribution is 2.32. The van der Waals surface area contributed by atoms with Crippen molar-refractivity contribution in [1.82, 2.24) is 14.8 Å². The Hall–Kier alpha value is -2.05. The maximum absolute atomic E-state index is 12.6. The molecule has 0 aromatic carbocycles. The molecule has 2 aromatic heterocycles. The predicted molar refractivity (Wildman–Crippen MR) is 60.5 cm³/mol. The van der Waals surface area contributed by atoms with E-state index in [1.165, 1.54) is 6.20 Å².